The molecule has 134 valence electrons. The predicted octanol–water partition coefficient (Wildman–Crippen LogP) is 1.58. The fourth-order valence-corrected chi connectivity index (χ4v) is 3.66. The van der Waals surface area contributed by atoms with Crippen molar-refractivity contribution in [3.8, 4) is 0 Å². The van der Waals surface area contributed by atoms with E-state index in [2.05, 4.69) is 19.8 Å². The zero-order valence-corrected chi connectivity index (χ0v) is 14.8. The monoisotopic (exact) mass is 371 g/mol. The first-order valence-corrected chi connectivity index (χ1v) is 8.89. The highest BCUT2D eigenvalue weighted by Crippen LogP contribution is 2.28. The van der Waals surface area contributed by atoms with E-state index >= 15 is 0 Å². The van der Waals surface area contributed by atoms with Crippen LogP contribution >= 0.6 is 11.6 Å². The molecule has 0 spiro atoms. The number of aromatic nitrogens is 2. The Morgan fingerprint density at radius 2 is 1.73 bits per heavy atom. The summed E-state index contributed by atoms with van der Waals surface area (Å²) >= 11 is 6.00. The smallest absolute Gasteiger partial charge is 0.251 e. The van der Waals surface area contributed by atoms with Crippen LogP contribution in [0.15, 0.2) is 42.7 Å². The fraction of sp³-hybridized carbons (Fsp3) is 0.333. The van der Waals surface area contributed by atoms with E-state index in [9.17, 15) is 9.59 Å². The molecule has 4 rings (SSSR count). The number of benzene rings is 1. The van der Waals surface area contributed by atoms with E-state index in [-0.39, 0.29) is 18.2 Å². The van der Waals surface area contributed by atoms with Crippen LogP contribution < -0.4 is 9.80 Å². The summed E-state index contributed by atoms with van der Waals surface area (Å²) in [5.74, 6) is 0.333. The molecule has 2 aliphatic heterocycles. The Morgan fingerprint density at radius 1 is 1.00 bits per heavy atom. The van der Waals surface area contributed by atoms with Gasteiger partial charge in [0.25, 0.3) is 5.91 Å². The molecule has 0 radical (unpaired) electrons. The molecule has 2 aliphatic rings. The first kappa shape index (κ1) is 16.9. The molecule has 1 unspecified atom stereocenters. The molecular formula is C18H18ClN5O2. The van der Waals surface area contributed by atoms with E-state index in [0.717, 1.165) is 13.1 Å². The van der Waals surface area contributed by atoms with Crippen molar-refractivity contribution in [2.45, 2.75) is 12.5 Å². The molecular weight excluding hydrogens is 354 g/mol. The van der Waals surface area contributed by atoms with Gasteiger partial charge in [0.15, 0.2) is 0 Å². The Kier molecular flexibility index (Phi) is 4.57. The van der Waals surface area contributed by atoms with Gasteiger partial charge in [-0.3, -0.25) is 14.5 Å². The second-order valence-electron chi connectivity index (χ2n) is 6.34. The minimum atomic E-state index is -0.416. The van der Waals surface area contributed by atoms with Crippen LogP contribution in [0.25, 0.3) is 0 Å². The normalized spacial score (nSPS) is 21.5. The van der Waals surface area contributed by atoms with Crippen LogP contribution in [0.5, 0.6) is 0 Å². The Hall–Kier alpha value is -2.51. The molecule has 2 aromatic rings. The molecule has 2 saturated heterocycles. The van der Waals surface area contributed by atoms with Gasteiger partial charge in [-0.2, -0.15) is 0 Å². The van der Waals surface area contributed by atoms with E-state index in [1.165, 1.54) is 4.90 Å². The van der Waals surface area contributed by atoms with Crippen molar-refractivity contribution >= 4 is 35.1 Å². The summed E-state index contributed by atoms with van der Waals surface area (Å²) in [5.41, 5.74) is 0.534. The van der Waals surface area contributed by atoms with Crippen molar-refractivity contribution in [1.82, 2.24) is 14.9 Å². The maximum absolute atomic E-state index is 12.9. The lowest BCUT2D eigenvalue weighted by molar-refractivity contribution is -0.123. The number of carbonyl (C=O) groups excluding carboxylic acids is 2. The third kappa shape index (κ3) is 3.15. The van der Waals surface area contributed by atoms with E-state index in [0.29, 0.717) is 29.7 Å². The third-order valence-electron chi connectivity index (χ3n) is 4.78. The van der Waals surface area contributed by atoms with E-state index < -0.39 is 6.04 Å². The first-order chi connectivity index (χ1) is 12.6. The summed E-state index contributed by atoms with van der Waals surface area (Å²) in [6, 6.07) is 8.20. The number of imide groups is 1. The molecule has 2 amide bonds. The molecule has 3 heterocycles. The van der Waals surface area contributed by atoms with Crippen LogP contribution in [-0.2, 0) is 9.59 Å². The van der Waals surface area contributed by atoms with Gasteiger partial charge in [-0.1, -0.05) is 17.7 Å². The van der Waals surface area contributed by atoms with E-state index in [4.69, 9.17) is 11.6 Å². The van der Waals surface area contributed by atoms with Crippen molar-refractivity contribution in [3.63, 3.8) is 0 Å². The third-order valence-corrected chi connectivity index (χ3v) is 5.01. The molecule has 0 saturated carbocycles. The molecule has 1 aromatic heterocycles. The number of anilines is 2. The molecule has 1 atom stereocenters. The Labute approximate surface area is 156 Å². The van der Waals surface area contributed by atoms with Crippen molar-refractivity contribution in [2.24, 2.45) is 0 Å². The summed E-state index contributed by atoms with van der Waals surface area (Å²) in [7, 11) is 0. The summed E-state index contributed by atoms with van der Waals surface area (Å²) in [6.07, 6.45) is 3.64. The largest absolute Gasteiger partial charge is 0.338 e. The van der Waals surface area contributed by atoms with Crippen LogP contribution in [0.2, 0.25) is 5.02 Å². The zero-order chi connectivity index (χ0) is 18.1. The molecule has 2 fully saturated rings. The summed E-state index contributed by atoms with van der Waals surface area (Å²) in [4.78, 5) is 39.3. The minimum Gasteiger partial charge on any atom is -0.338 e. The van der Waals surface area contributed by atoms with Gasteiger partial charge in [0.2, 0.25) is 11.9 Å². The summed E-state index contributed by atoms with van der Waals surface area (Å²) < 4.78 is 0. The van der Waals surface area contributed by atoms with Crippen molar-refractivity contribution in [3.05, 3.63) is 47.7 Å². The number of halogens is 1. The molecule has 7 nitrogen and oxygen atoms in total. The molecule has 8 heteroatoms. The zero-order valence-electron chi connectivity index (χ0n) is 14.1. The summed E-state index contributed by atoms with van der Waals surface area (Å²) in [5, 5.41) is 0.503. The maximum atomic E-state index is 12.9. The van der Waals surface area contributed by atoms with Crippen LogP contribution in [-0.4, -0.2) is 58.9 Å². The number of rotatable bonds is 3. The van der Waals surface area contributed by atoms with Gasteiger partial charge in [-0.05, 0) is 24.3 Å². The van der Waals surface area contributed by atoms with Gasteiger partial charge in [0.1, 0.15) is 0 Å². The lowest BCUT2D eigenvalue weighted by Gasteiger charge is -2.36. The fourth-order valence-electron chi connectivity index (χ4n) is 3.48. The van der Waals surface area contributed by atoms with Crippen LogP contribution in [0, 0.1) is 0 Å². The van der Waals surface area contributed by atoms with Gasteiger partial charge >= 0.3 is 0 Å². The van der Waals surface area contributed by atoms with Crippen LogP contribution in [0.3, 0.4) is 0 Å². The molecule has 1 aromatic carbocycles. The highest BCUT2D eigenvalue weighted by Gasteiger charge is 2.43. The maximum Gasteiger partial charge on any atom is 0.251 e. The van der Waals surface area contributed by atoms with Crippen LogP contribution in [0.4, 0.5) is 11.6 Å². The number of piperazine rings is 1. The van der Waals surface area contributed by atoms with Crippen molar-refractivity contribution in [1.29, 1.82) is 0 Å². The standard InChI is InChI=1S/C18H18ClN5O2/c19-13-3-1-4-14(11-13)24-16(25)12-15(17(24)26)22-7-9-23(10-8-22)18-20-5-2-6-21-18/h1-6,11,15H,7-10,12H2. The van der Waals surface area contributed by atoms with Gasteiger partial charge in [0, 0.05) is 43.6 Å². The highest BCUT2D eigenvalue weighted by molar-refractivity contribution is 6.31. The second-order valence-corrected chi connectivity index (χ2v) is 6.78. The van der Waals surface area contributed by atoms with E-state index in [1.54, 1.807) is 42.7 Å². The highest BCUT2D eigenvalue weighted by atomic mass is 35.5. The first-order valence-electron chi connectivity index (χ1n) is 8.52. The SMILES string of the molecule is O=C1CC(N2CCN(c3ncccn3)CC2)C(=O)N1c1cccc(Cl)c1. The van der Waals surface area contributed by atoms with Gasteiger partial charge in [-0.25, -0.2) is 14.9 Å². The average Bonchev–Trinajstić information content (AvgIpc) is 2.97. The molecule has 0 aliphatic carbocycles. The van der Waals surface area contributed by atoms with Gasteiger partial charge in [-0.15, -0.1) is 0 Å². The summed E-state index contributed by atoms with van der Waals surface area (Å²) in [6.45, 7) is 2.81. The quantitative estimate of drug-likeness (QED) is 0.763. The predicted molar refractivity (Wildman–Crippen MR) is 98.2 cm³/mol. The topological polar surface area (TPSA) is 69.6 Å². The number of carbonyl (C=O) groups is 2. The lowest BCUT2D eigenvalue weighted by Crippen LogP contribution is -2.53. The minimum absolute atomic E-state index is 0.179. The van der Waals surface area contributed by atoms with Crippen molar-refractivity contribution in [2.75, 3.05) is 36.0 Å². The Balaban J connectivity index is 1.45. The Bertz CT molecular complexity index is 823. The molecule has 26 heavy (non-hydrogen) atoms. The average molecular weight is 372 g/mol. The number of hydrogen-bond donors (Lipinski definition) is 0. The van der Waals surface area contributed by atoms with E-state index in [1.807, 2.05) is 0 Å². The number of nitrogens with zero attached hydrogens (tertiary/aromatic N) is 5. The molecule has 0 bridgehead atoms. The second kappa shape index (κ2) is 7.01. The van der Waals surface area contributed by atoms with Gasteiger partial charge in [0.05, 0.1) is 18.2 Å². The van der Waals surface area contributed by atoms with Gasteiger partial charge < -0.3 is 4.90 Å². The van der Waals surface area contributed by atoms with Crippen molar-refractivity contribution < 1.29 is 9.59 Å². The lowest BCUT2D eigenvalue weighted by atomic mass is 10.2. The number of hydrogen-bond acceptors (Lipinski definition) is 6. The van der Waals surface area contributed by atoms with Crippen LogP contribution in [0.1, 0.15) is 6.42 Å². The Morgan fingerprint density at radius 3 is 2.42 bits per heavy atom. The molecule has 0 N–H and O–H groups in total. The number of amides is 2.